The summed E-state index contributed by atoms with van der Waals surface area (Å²) in [5, 5.41) is 3.11. The van der Waals surface area contributed by atoms with E-state index in [4.69, 9.17) is 0 Å². The van der Waals surface area contributed by atoms with E-state index in [1.807, 2.05) is 24.4 Å². The Morgan fingerprint density at radius 3 is 2.96 bits per heavy atom. The molecule has 1 aliphatic rings. The van der Waals surface area contributed by atoms with E-state index < -0.39 is 0 Å². The number of carbonyl (C=O) groups excluding carboxylic acids is 1. The molecule has 0 bridgehead atoms. The van der Waals surface area contributed by atoms with Crippen LogP contribution in [0, 0.1) is 12.8 Å². The summed E-state index contributed by atoms with van der Waals surface area (Å²) >= 11 is 0. The molecule has 1 fully saturated rings. The van der Waals surface area contributed by atoms with Crippen LogP contribution >= 0.6 is 0 Å². The van der Waals surface area contributed by atoms with Crippen molar-refractivity contribution in [2.45, 2.75) is 26.3 Å². The number of aryl methyl sites for hydroxylation is 1. The van der Waals surface area contributed by atoms with Crippen molar-refractivity contribution in [3.8, 4) is 0 Å². The van der Waals surface area contributed by atoms with Crippen molar-refractivity contribution in [2.75, 3.05) is 18.0 Å². The lowest BCUT2D eigenvalue weighted by atomic mass is 9.96. The van der Waals surface area contributed by atoms with Crippen LogP contribution in [0.4, 0.5) is 5.69 Å². The number of pyridine rings is 1. The summed E-state index contributed by atoms with van der Waals surface area (Å²) in [6.07, 6.45) is 7.04. The molecule has 0 radical (unpaired) electrons. The standard InChI is InChI=1S/C21H23N5O/c1-15-5-2-3-6-16(15)12-25-21(27)17-7-4-10-26(14-17)18-11-19-20(24-13-18)23-9-8-22-19/h2-3,5-6,8-9,11,13,17H,4,7,10,12,14H2,1H3,(H,25,27)/t17-/m1/s1. The van der Waals surface area contributed by atoms with Crippen molar-refractivity contribution >= 4 is 22.8 Å². The lowest BCUT2D eigenvalue weighted by molar-refractivity contribution is -0.125. The average Bonchev–Trinajstić information content (AvgIpc) is 2.72. The summed E-state index contributed by atoms with van der Waals surface area (Å²) in [5.74, 6) is 0.108. The predicted molar refractivity (Wildman–Crippen MR) is 105 cm³/mol. The summed E-state index contributed by atoms with van der Waals surface area (Å²) in [5.41, 5.74) is 4.79. The van der Waals surface area contributed by atoms with Crippen LogP contribution in [-0.4, -0.2) is 33.9 Å². The molecule has 138 valence electrons. The van der Waals surface area contributed by atoms with Crippen LogP contribution in [-0.2, 0) is 11.3 Å². The lowest BCUT2D eigenvalue weighted by Crippen LogP contribution is -2.43. The molecule has 1 atom stereocenters. The Kier molecular flexibility index (Phi) is 4.96. The molecule has 6 heteroatoms. The van der Waals surface area contributed by atoms with Gasteiger partial charge in [0, 0.05) is 32.0 Å². The Morgan fingerprint density at radius 1 is 1.22 bits per heavy atom. The van der Waals surface area contributed by atoms with Gasteiger partial charge in [-0.05, 0) is 37.0 Å². The first-order valence-corrected chi connectivity index (χ1v) is 9.34. The van der Waals surface area contributed by atoms with Gasteiger partial charge in [-0.3, -0.25) is 9.78 Å². The van der Waals surface area contributed by atoms with Crippen LogP contribution in [0.5, 0.6) is 0 Å². The highest BCUT2D eigenvalue weighted by atomic mass is 16.1. The van der Waals surface area contributed by atoms with Gasteiger partial charge in [-0.2, -0.15) is 0 Å². The molecule has 1 N–H and O–H groups in total. The molecule has 1 amide bonds. The summed E-state index contributed by atoms with van der Waals surface area (Å²) in [6, 6.07) is 10.2. The van der Waals surface area contributed by atoms with Crippen molar-refractivity contribution in [1.82, 2.24) is 20.3 Å². The second-order valence-corrected chi connectivity index (χ2v) is 7.02. The zero-order chi connectivity index (χ0) is 18.6. The molecule has 0 aliphatic carbocycles. The van der Waals surface area contributed by atoms with Gasteiger partial charge >= 0.3 is 0 Å². The molecule has 4 rings (SSSR count). The summed E-state index contributed by atoms with van der Waals surface area (Å²) in [4.78, 5) is 27.9. The number of benzene rings is 1. The molecule has 6 nitrogen and oxygen atoms in total. The quantitative estimate of drug-likeness (QED) is 0.774. The number of hydrogen-bond donors (Lipinski definition) is 1. The van der Waals surface area contributed by atoms with E-state index in [2.05, 4.69) is 44.2 Å². The number of fused-ring (bicyclic) bond motifs is 1. The minimum Gasteiger partial charge on any atom is -0.369 e. The molecular formula is C21H23N5O. The van der Waals surface area contributed by atoms with Crippen molar-refractivity contribution in [3.63, 3.8) is 0 Å². The molecule has 0 saturated carbocycles. The molecule has 1 saturated heterocycles. The van der Waals surface area contributed by atoms with Gasteiger partial charge in [0.05, 0.1) is 17.8 Å². The van der Waals surface area contributed by atoms with E-state index >= 15 is 0 Å². The van der Waals surface area contributed by atoms with E-state index in [1.54, 1.807) is 12.4 Å². The van der Waals surface area contributed by atoms with Crippen molar-refractivity contribution in [1.29, 1.82) is 0 Å². The van der Waals surface area contributed by atoms with Crippen molar-refractivity contribution < 1.29 is 4.79 Å². The molecule has 0 unspecified atom stereocenters. The molecule has 27 heavy (non-hydrogen) atoms. The highest BCUT2D eigenvalue weighted by Crippen LogP contribution is 2.24. The number of nitrogens with zero attached hydrogens (tertiary/aromatic N) is 4. The van der Waals surface area contributed by atoms with E-state index in [0.717, 1.165) is 36.2 Å². The number of nitrogens with one attached hydrogen (secondary N) is 1. The first-order chi connectivity index (χ1) is 13.2. The fraction of sp³-hybridized carbons (Fsp3) is 0.333. The van der Waals surface area contributed by atoms with Gasteiger partial charge < -0.3 is 10.2 Å². The van der Waals surface area contributed by atoms with Crippen LogP contribution in [0.1, 0.15) is 24.0 Å². The number of rotatable bonds is 4. The van der Waals surface area contributed by atoms with E-state index in [1.165, 1.54) is 5.56 Å². The zero-order valence-electron chi connectivity index (χ0n) is 15.4. The van der Waals surface area contributed by atoms with Crippen LogP contribution in [0.25, 0.3) is 11.2 Å². The fourth-order valence-corrected chi connectivity index (χ4v) is 3.58. The maximum absolute atomic E-state index is 12.7. The molecule has 2 aromatic heterocycles. The largest absolute Gasteiger partial charge is 0.369 e. The van der Waals surface area contributed by atoms with E-state index in [9.17, 15) is 4.79 Å². The average molecular weight is 361 g/mol. The Morgan fingerprint density at radius 2 is 2.07 bits per heavy atom. The van der Waals surface area contributed by atoms with Gasteiger partial charge in [-0.1, -0.05) is 24.3 Å². The Balaban J connectivity index is 1.42. The number of piperidine rings is 1. The molecule has 3 heterocycles. The molecule has 1 aromatic carbocycles. The third-order valence-electron chi connectivity index (χ3n) is 5.18. The van der Waals surface area contributed by atoms with Gasteiger partial charge in [-0.25, -0.2) is 9.97 Å². The van der Waals surface area contributed by atoms with Gasteiger partial charge in [0.1, 0.15) is 5.52 Å². The number of hydrogen-bond acceptors (Lipinski definition) is 5. The molecule has 0 spiro atoms. The molecular weight excluding hydrogens is 338 g/mol. The van der Waals surface area contributed by atoms with Crippen LogP contribution in [0.2, 0.25) is 0 Å². The highest BCUT2D eigenvalue weighted by molar-refractivity contribution is 5.80. The predicted octanol–water partition coefficient (Wildman–Crippen LogP) is 2.87. The highest BCUT2D eigenvalue weighted by Gasteiger charge is 2.26. The number of aromatic nitrogens is 3. The zero-order valence-corrected chi connectivity index (χ0v) is 15.4. The van der Waals surface area contributed by atoms with Gasteiger partial charge in [0.25, 0.3) is 0 Å². The van der Waals surface area contributed by atoms with E-state index in [-0.39, 0.29) is 11.8 Å². The van der Waals surface area contributed by atoms with Gasteiger partial charge in [-0.15, -0.1) is 0 Å². The van der Waals surface area contributed by atoms with Crippen molar-refractivity contribution in [3.05, 3.63) is 60.0 Å². The third kappa shape index (κ3) is 3.89. The maximum Gasteiger partial charge on any atom is 0.225 e. The summed E-state index contributed by atoms with van der Waals surface area (Å²) in [6.45, 7) is 4.27. The van der Waals surface area contributed by atoms with Gasteiger partial charge in [0.2, 0.25) is 5.91 Å². The molecule has 3 aromatic rings. The first kappa shape index (κ1) is 17.4. The minimum atomic E-state index is -0.0136. The van der Waals surface area contributed by atoms with Crippen LogP contribution in [0.15, 0.2) is 48.9 Å². The Labute approximate surface area is 158 Å². The number of carbonyl (C=O) groups is 1. The maximum atomic E-state index is 12.7. The SMILES string of the molecule is Cc1ccccc1CNC(=O)[C@@H]1CCCN(c2cnc3nccnc3c2)C1. The first-order valence-electron chi connectivity index (χ1n) is 9.34. The Bertz CT molecular complexity index is 958. The van der Waals surface area contributed by atoms with Gasteiger partial charge in [0.15, 0.2) is 5.65 Å². The third-order valence-corrected chi connectivity index (χ3v) is 5.18. The van der Waals surface area contributed by atoms with Crippen molar-refractivity contribution in [2.24, 2.45) is 5.92 Å². The Hall–Kier alpha value is -3.02. The lowest BCUT2D eigenvalue weighted by Gasteiger charge is -2.33. The second-order valence-electron chi connectivity index (χ2n) is 7.02. The minimum absolute atomic E-state index is 0.0136. The van der Waals surface area contributed by atoms with Crippen LogP contribution in [0.3, 0.4) is 0 Å². The second kappa shape index (κ2) is 7.70. The number of anilines is 1. The monoisotopic (exact) mass is 361 g/mol. The fourth-order valence-electron chi connectivity index (χ4n) is 3.58. The summed E-state index contributed by atoms with van der Waals surface area (Å²) in [7, 11) is 0. The topological polar surface area (TPSA) is 71.0 Å². The number of amides is 1. The summed E-state index contributed by atoms with van der Waals surface area (Å²) < 4.78 is 0. The smallest absolute Gasteiger partial charge is 0.225 e. The van der Waals surface area contributed by atoms with E-state index in [0.29, 0.717) is 18.7 Å². The molecule has 1 aliphatic heterocycles. The van der Waals surface area contributed by atoms with Crippen LogP contribution < -0.4 is 10.2 Å². The normalized spacial score (nSPS) is 17.1.